The molecule has 0 N–H and O–H groups in total. The van der Waals surface area contributed by atoms with Crippen LogP contribution < -0.4 is 4.74 Å². The van der Waals surface area contributed by atoms with Crippen LogP contribution >= 0.6 is 0 Å². The van der Waals surface area contributed by atoms with Gasteiger partial charge in [-0.05, 0) is 23.3 Å². The van der Waals surface area contributed by atoms with Gasteiger partial charge in [0.2, 0.25) is 5.78 Å². The molecule has 0 aromatic heterocycles. The van der Waals surface area contributed by atoms with Crippen molar-refractivity contribution in [3.63, 3.8) is 0 Å². The van der Waals surface area contributed by atoms with E-state index in [9.17, 15) is 9.18 Å². The molecule has 0 spiro atoms. The molecule has 0 saturated carbocycles. The molecule has 1 aliphatic carbocycles. The van der Waals surface area contributed by atoms with Gasteiger partial charge in [0.15, 0.2) is 5.67 Å². The van der Waals surface area contributed by atoms with Gasteiger partial charge in [-0.2, -0.15) is 0 Å². The molecule has 0 bridgehead atoms. The molecule has 102 valence electrons. The second-order valence-electron chi connectivity index (χ2n) is 5.15. The third kappa shape index (κ3) is 2.09. The molecule has 0 fully saturated rings. The second-order valence-corrected chi connectivity index (χ2v) is 5.15. The van der Waals surface area contributed by atoms with Gasteiger partial charge in [0, 0.05) is 18.4 Å². The predicted molar refractivity (Wildman–Crippen MR) is 75.0 cm³/mol. The van der Waals surface area contributed by atoms with Gasteiger partial charge in [-0.1, -0.05) is 36.4 Å². The standard InChI is InChI=1S/C17H15FO2/c1-20-14-8-6-12(7-9-14)10-17(18)11-13-4-2-3-5-15(13)16(17)19/h2-9H,10-11H2,1H3. The fourth-order valence-corrected chi connectivity index (χ4v) is 2.73. The monoisotopic (exact) mass is 270 g/mol. The van der Waals surface area contributed by atoms with Crippen molar-refractivity contribution in [2.24, 2.45) is 0 Å². The molecule has 3 heteroatoms. The van der Waals surface area contributed by atoms with Gasteiger partial charge >= 0.3 is 0 Å². The van der Waals surface area contributed by atoms with Crippen molar-refractivity contribution in [2.45, 2.75) is 18.5 Å². The normalized spacial score (nSPS) is 20.8. The molecule has 2 aromatic rings. The summed E-state index contributed by atoms with van der Waals surface area (Å²) in [5.41, 5.74) is 0.296. The Kier molecular flexibility index (Phi) is 3.05. The van der Waals surface area contributed by atoms with Gasteiger partial charge in [-0.25, -0.2) is 4.39 Å². The van der Waals surface area contributed by atoms with Crippen LogP contribution in [0, 0.1) is 0 Å². The van der Waals surface area contributed by atoms with Gasteiger partial charge in [0.25, 0.3) is 0 Å². The van der Waals surface area contributed by atoms with Crippen molar-refractivity contribution in [3.05, 3.63) is 65.2 Å². The van der Waals surface area contributed by atoms with E-state index in [1.54, 1.807) is 43.5 Å². The summed E-state index contributed by atoms with van der Waals surface area (Å²) in [6.07, 6.45) is 0.262. The van der Waals surface area contributed by atoms with Crippen LogP contribution in [0.25, 0.3) is 0 Å². The van der Waals surface area contributed by atoms with E-state index in [1.165, 1.54) is 0 Å². The maximum atomic E-state index is 15.0. The van der Waals surface area contributed by atoms with Gasteiger partial charge in [-0.15, -0.1) is 0 Å². The molecule has 0 saturated heterocycles. The number of rotatable bonds is 3. The SMILES string of the molecule is COc1ccc(CC2(F)Cc3ccccc3C2=O)cc1. The summed E-state index contributed by atoms with van der Waals surface area (Å²) < 4.78 is 20.1. The first-order valence-electron chi connectivity index (χ1n) is 6.57. The number of methoxy groups -OCH3 is 1. The average Bonchev–Trinajstić information content (AvgIpc) is 2.72. The van der Waals surface area contributed by atoms with Crippen molar-refractivity contribution in [3.8, 4) is 5.75 Å². The lowest BCUT2D eigenvalue weighted by atomic mass is 9.92. The number of benzene rings is 2. The van der Waals surface area contributed by atoms with Crippen LogP contribution in [0.5, 0.6) is 5.75 Å². The van der Waals surface area contributed by atoms with Crippen LogP contribution in [0.3, 0.4) is 0 Å². The third-order valence-electron chi connectivity index (χ3n) is 3.78. The summed E-state index contributed by atoms with van der Waals surface area (Å²) in [6, 6.07) is 14.3. The summed E-state index contributed by atoms with van der Waals surface area (Å²) in [7, 11) is 1.59. The summed E-state index contributed by atoms with van der Waals surface area (Å²) in [6.45, 7) is 0. The number of halogens is 1. The molecule has 2 nitrogen and oxygen atoms in total. The van der Waals surface area contributed by atoms with Crippen LogP contribution in [-0.2, 0) is 12.8 Å². The number of fused-ring (bicyclic) bond motifs is 1. The fraction of sp³-hybridized carbons (Fsp3) is 0.235. The van der Waals surface area contributed by atoms with Gasteiger partial charge in [0.05, 0.1) is 7.11 Å². The Bertz CT molecular complexity index is 648. The molecular formula is C17H15FO2. The number of ether oxygens (including phenoxy) is 1. The van der Waals surface area contributed by atoms with Crippen LogP contribution in [0.4, 0.5) is 4.39 Å². The van der Waals surface area contributed by atoms with E-state index in [-0.39, 0.29) is 12.8 Å². The van der Waals surface area contributed by atoms with Crippen LogP contribution in [0.1, 0.15) is 21.5 Å². The van der Waals surface area contributed by atoms with E-state index in [4.69, 9.17) is 4.74 Å². The Morgan fingerprint density at radius 1 is 1.15 bits per heavy atom. The number of Topliss-reactive ketones (excluding diaryl/α,β-unsaturated/α-hetero) is 1. The lowest BCUT2D eigenvalue weighted by molar-refractivity contribution is 0.0720. The minimum atomic E-state index is -1.82. The van der Waals surface area contributed by atoms with Crippen molar-refractivity contribution in [1.82, 2.24) is 0 Å². The number of hydrogen-bond acceptors (Lipinski definition) is 2. The quantitative estimate of drug-likeness (QED) is 0.854. The van der Waals surface area contributed by atoms with Crippen LogP contribution in [-0.4, -0.2) is 18.6 Å². The zero-order valence-corrected chi connectivity index (χ0v) is 11.2. The lowest BCUT2D eigenvalue weighted by Gasteiger charge is -2.17. The summed E-state index contributed by atoms with van der Waals surface area (Å²) >= 11 is 0. The highest BCUT2D eigenvalue weighted by Gasteiger charge is 2.45. The molecule has 0 radical (unpaired) electrons. The Morgan fingerprint density at radius 2 is 1.85 bits per heavy atom. The number of alkyl halides is 1. The maximum Gasteiger partial charge on any atom is 0.200 e. The third-order valence-corrected chi connectivity index (χ3v) is 3.78. The molecule has 2 aromatic carbocycles. The number of carbonyl (C=O) groups is 1. The fourth-order valence-electron chi connectivity index (χ4n) is 2.73. The second kappa shape index (κ2) is 4.75. The molecule has 0 amide bonds. The zero-order chi connectivity index (χ0) is 14.2. The minimum absolute atomic E-state index is 0.102. The van der Waals surface area contributed by atoms with E-state index in [0.717, 1.165) is 16.9 Å². The zero-order valence-electron chi connectivity index (χ0n) is 11.2. The number of hydrogen-bond donors (Lipinski definition) is 0. The van der Waals surface area contributed by atoms with E-state index >= 15 is 0 Å². The molecule has 0 heterocycles. The first-order chi connectivity index (χ1) is 9.62. The Hall–Kier alpha value is -2.16. The minimum Gasteiger partial charge on any atom is -0.497 e. The Morgan fingerprint density at radius 3 is 2.50 bits per heavy atom. The largest absolute Gasteiger partial charge is 0.497 e. The van der Waals surface area contributed by atoms with Crippen LogP contribution in [0.2, 0.25) is 0 Å². The average molecular weight is 270 g/mol. The Balaban J connectivity index is 1.86. The van der Waals surface area contributed by atoms with Crippen molar-refractivity contribution < 1.29 is 13.9 Å². The topological polar surface area (TPSA) is 26.3 Å². The van der Waals surface area contributed by atoms with Crippen molar-refractivity contribution >= 4 is 5.78 Å². The summed E-state index contributed by atoms with van der Waals surface area (Å²) in [4.78, 5) is 12.2. The van der Waals surface area contributed by atoms with E-state index in [1.807, 2.05) is 12.1 Å². The summed E-state index contributed by atoms with van der Waals surface area (Å²) in [5.74, 6) is 0.326. The number of ketones is 1. The van der Waals surface area contributed by atoms with E-state index in [0.29, 0.717) is 5.56 Å². The van der Waals surface area contributed by atoms with Gasteiger partial charge < -0.3 is 4.74 Å². The molecule has 0 aliphatic heterocycles. The lowest BCUT2D eigenvalue weighted by Crippen LogP contribution is -2.33. The highest BCUT2D eigenvalue weighted by molar-refractivity contribution is 6.07. The molecule has 1 aliphatic rings. The first-order valence-corrected chi connectivity index (χ1v) is 6.57. The number of carbonyl (C=O) groups excluding carboxylic acids is 1. The first kappa shape index (κ1) is 12.9. The maximum absolute atomic E-state index is 15.0. The highest BCUT2D eigenvalue weighted by atomic mass is 19.1. The van der Waals surface area contributed by atoms with Crippen molar-refractivity contribution in [2.75, 3.05) is 7.11 Å². The molecule has 3 rings (SSSR count). The molecule has 1 unspecified atom stereocenters. The van der Waals surface area contributed by atoms with Crippen LogP contribution in [0.15, 0.2) is 48.5 Å². The van der Waals surface area contributed by atoms with Gasteiger partial charge in [0.1, 0.15) is 5.75 Å². The molecular weight excluding hydrogens is 255 g/mol. The predicted octanol–water partition coefficient (Wildman–Crippen LogP) is 3.39. The van der Waals surface area contributed by atoms with E-state index in [2.05, 4.69) is 0 Å². The summed E-state index contributed by atoms with van der Waals surface area (Å²) in [5, 5.41) is 0. The van der Waals surface area contributed by atoms with Gasteiger partial charge in [-0.3, -0.25) is 4.79 Å². The Labute approximate surface area is 117 Å². The van der Waals surface area contributed by atoms with Crippen molar-refractivity contribution in [1.29, 1.82) is 0 Å². The molecule has 1 atom stereocenters. The smallest absolute Gasteiger partial charge is 0.200 e. The molecule has 20 heavy (non-hydrogen) atoms. The highest BCUT2D eigenvalue weighted by Crippen LogP contribution is 2.35. The van der Waals surface area contributed by atoms with E-state index < -0.39 is 11.5 Å².